The number of methoxy groups -OCH3 is 1. The first-order valence-corrected chi connectivity index (χ1v) is 9.28. The molecule has 0 aromatic heterocycles. The summed E-state index contributed by atoms with van der Waals surface area (Å²) < 4.78 is 9.56. The summed E-state index contributed by atoms with van der Waals surface area (Å²) in [5.41, 5.74) is 0.591. The highest BCUT2D eigenvalue weighted by Gasteiger charge is 2.35. The third-order valence-electron chi connectivity index (χ3n) is 4.77. The molecule has 3 amide bonds. The standard InChI is InChI=1S/C20H24N2O7/c1-4-12(2)17(20(27)28-3)21-15(23)11-29-16(24)9-10-22-18(25)13-7-5-6-8-14(13)19(22)26/h5-8,12,17H,4,9-11H2,1-3H3,(H,21,23)/t12-,17-/m0/s1. The largest absolute Gasteiger partial charge is 0.467 e. The summed E-state index contributed by atoms with van der Waals surface area (Å²) in [6.45, 7) is 2.93. The van der Waals surface area contributed by atoms with E-state index in [1.165, 1.54) is 7.11 Å². The Morgan fingerprint density at radius 1 is 1.10 bits per heavy atom. The summed E-state index contributed by atoms with van der Waals surface area (Å²) in [6, 6.07) is 5.57. The van der Waals surface area contributed by atoms with Crippen molar-refractivity contribution in [3.63, 3.8) is 0 Å². The first kappa shape index (κ1) is 22.1. The van der Waals surface area contributed by atoms with Gasteiger partial charge in [-0.1, -0.05) is 32.4 Å². The lowest BCUT2D eigenvalue weighted by Crippen LogP contribution is -2.47. The normalized spacial score (nSPS) is 14.8. The maximum Gasteiger partial charge on any atom is 0.328 e. The number of rotatable bonds is 9. The summed E-state index contributed by atoms with van der Waals surface area (Å²) in [5, 5.41) is 2.49. The number of hydrogen-bond donors (Lipinski definition) is 1. The fourth-order valence-corrected chi connectivity index (χ4v) is 2.87. The van der Waals surface area contributed by atoms with Gasteiger partial charge in [0.15, 0.2) is 6.61 Å². The van der Waals surface area contributed by atoms with E-state index in [4.69, 9.17) is 4.74 Å². The van der Waals surface area contributed by atoms with Gasteiger partial charge in [0, 0.05) is 6.54 Å². The molecule has 0 saturated heterocycles. The Labute approximate surface area is 168 Å². The number of ether oxygens (including phenoxy) is 2. The summed E-state index contributed by atoms with van der Waals surface area (Å²) in [4.78, 5) is 61.1. The monoisotopic (exact) mass is 404 g/mol. The number of nitrogens with zero attached hydrogens (tertiary/aromatic N) is 1. The van der Waals surface area contributed by atoms with Crippen LogP contribution in [-0.2, 0) is 23.9 Å². The molecule has 156 valence electrons. The van der Waals surface area contributed by atoms with Crippen molar-refractivity contribution in [3.05, 3.63) is 35.4 Å². The number of nitrogens with one attached hydrogen (secondary N) is 1. The topological polar surface area (TPSA) is 119 Å². The first-order valence-electron chi connectivity index (χ1n) is 9.28. The van der Waals surface area contributed by atoms with Gasteiger partial charge in [0.2, 0.25) is 0 Å². The summed E-state index contributed by atoms with van der Waals surface area (Å²) >= 11 is 0. The number of carbonyl (C=O) groups is 5. The van der Waals surface area contributed by atoms with Crippen LogP contribution in [0.15, 0.2) is 24.3 Å². The third-order valence-corrected chi connectivity index (χ3v) is 4.77. The number of fused-ring (bicyclic) bond motifs is 1. The van der Waals surface area contributed by atoms with Gasteiger partial charge in [-0.15, -0.1) is 0 Å². The maximum absolute atomic E-state index is 12.2. The van der Waals surface area contributed by atoms with Crippen LogP contribution in [0.4, 0.5) is 0 Å². The molecule has 1 N–H and O–H groups in total. The van der Waals surface area contributed by atoms with Crippen LogP contribution < -0.4 is 5.32 Å². The predicted octanol–water partition coefficient (Wildman–Crippen LogP) is 0.920. The van der Waals surface area contributed by atoms with Crippen LogP contribution in [0.2, 0.25) is 0 Å². The molecule has 2 atom stereocenters. The van der Waals surface area contributed by atoms with E-state index in [9.17, 15) is 24.0 Å². The molecule has 2 rings (SSSR count). The van der Waals surface area contributed by atoms with Gasteiger partial charge in [0.25, 0.3) is 17.7 Å². The molecule has 1 aliphatic rings. The first-order chi connectivity index (χ1) is 13.8. The molecule has 9 nitrogen and oxygen atoms in total. The van der Waals surface area contributed by atoms with Gasteiger partial charge in [0.05, 0.1) is 24.7 Å². The van der Waals surface area contributed by atoms with Crippen molar-refractivity contribution in [3.8, 4) is 0 Å². The molecule has 0 spiro atoms. The lowest BCUT2D eigenvalue weighted by atomic mass is 9.99. The summed E-state index contributed by atoms with van der Waals surface area (Å²) in [6.07, 6.45) is 0.394. The van der Waals surface area contributed by atoms with Gasteiger partial charge in [-0.3, -0.25) is 24.1 Å². The van der Waals surface area contributed by atoms with E-state index in [0.717, 1.165) is 4.90 Å². The number of hydrogen-bond acceptors (Lipinski definition) is 7. The van der Waals surface area contributed by atoms with Gasteiger partial charge in [-0.05, 0) is 18.1 Å². The Balaban J connectivity index is 1.81. The van der Waals surface area contributed by atoms with Crippen LogP contribution in [0.1, 0.15) is 47.4 Å². The molecular formula is C20H24N2O7. The van der Waals surface area contributed by atoms with Gasteiger partial charge in [0.1, 0.15) is 6.04 Å². The lowest BCUT2D eigenvalue weighted by Gasteiger charge is -2.21. The zero-order valence-electron chi connectivity index (χ0n) is 16.6. The number of amides is 3. The van der Waals surface area contributed by atoms with Crippen molar-refractivity contribution in [1.29, 1.82) is 0 Å². The Morgan fingerprint density at radius 2 is 1.69 bits per heavy atom. The quantitative estimate of drug-likeness (QED) is 0.480. The molecule has 0 bridgehead atoms. The van der Waals surface area contributed by atoms with Crippen molar-refractivity contribution in [2.75, 3.05) is 20.3 Å². The third kappa shape index (κ3) is 5.18. The summed E-state index contributed by atoms with van der Waals surface area (Å²) in [5.74, 6) is -3.05. The number of benzene rings is 1. The average Bonchev–Trinajstić information content (AvgIpc) is 2.98. The Bertz CT molecular complexity index is 786. The fraction of sp³-hybridized carbons (Fsp3) is 0.450. The van der Waals surface area contributed by atoms with Crippen LogP contribution in [-0.4, -0.2) is 60.9 Å². The van der Waals surface area contributed by atoms with Crippen LogP contribution in [0, 0.1) is 5.92 Å². The maximum atomic E-state index is 12.2. The molecule has 1 heterocycles. The SMILES string of the molecule is CC[C@H](C)[C@H](NC(=O)COC(=O)CCN1C(=O)c2ccccc2C1=O)C(=O)OC. The van der Waals surface area contributed by atoms with Gasteiger partial charge in [-0.25, -0.2) is 4.79 Å². The van der Waals surface area contributed by atoms with E-state index in [1.807, 2.05) is 6.92 Å². The summed E-state index contributed by atoms with van der Waals surface area (Å²) in [7, 11) is 1.23. The molecule has 1 aromatic carbocycles. The number of esters is 2. The zero-order chi connectivity index (χ0) is 21.6. The van der Waals surface area contributed by atoms with Crippen LogP contribution in [0.3, 0.4) is 0 Å². The fourth-order valence-electron chi connectivity index (χ4n) is 2.87. The van der Waals surface area contributed by atoms with Crippen molar-refractivity contribution in [1.82, 2.24) is 10.2 Å². The second-order valence-electron chi connectivity index (χ2n) is 6.67. The second-order valence-corrected chi connectivity index (χ2v) is 6.67. The molecule has 0 aliphatic carbocycles. The molecule has 1 aliphatic heterocycles. The van der Waals surface area contributed by atoms with Gasteiger partial charge >= 0.3 is 11.9 Å². The lowest BCUT2D eigenvalue weighted by molar-refractivity contribution is -0.151. The highest BCUT2D eigenvalue weighted by molar-refractivity contribution is 6.21. The van der Waals surface area contributed by atoms with Crippen molar-refractivity contribution in [2.24, 2.45) is 5.92 Å². The van der Waals surface area contributed by atoms with Gasteiger partial charge in [-0.2, -0.15) is 0 Å². The molecular weight excluding hydrogens is 380 g/mol. The minimum atomic E-state index is -0.838. The van der Waals surface area contributed by atoms with E-state index >= 15 is 0 Å². The van der Waals surface area contributed by atoms with Crippen LogP contribution in [0.25, 0.3) is 0 Å². The number of imide groups is 1. The molecule has 1 aromatic rings. The molecule has 0 saturated carbocycles. The average molecular weight is 404 g/mol. The Morgan fingerprint density at radius 3 is 2.21 bits per heavy atom. The predicted molar refractivity (Wildman–Crippen MR) is 101 cm³/mol. The Hall–Kier alpha value is -3.23. The Kier molecular flexibility index (Phi) is 7.46. The van der Waals surface area contributed by atoms with E-state index in [0.29, 0.717) is 17.5 Å². The van der Waals surface area contributed by atoms with E-state index in [-0.39, 0.29) is 18.9 Å². The van der Waals surface area contributed by atoms with E-state index in [1.54, 1.807) is 31.2 Å². The zero-order valence-corrected chi connectivity index (χ0v) is 16.6. The molecule has 9 heteroatoms. The van der Waals surface area contributed by atoms with Crippen molar-refractivity contribution in [2.45, 2.75) is 32.7 Å². The van der Waals surface area contributed by atoms with E-state index < -0.39 is 42.3 Å². The van der Waals surface area contributed by atoms with Crippen LogP contribution >= 0.6 is 0 Å². The highest BCUT2D eigenvalue weighted by Crippen LogP contribution is 2.22. The van der Waals surface area contributed by atoms with Crippen LogP contribution in [0.5, 0.6) is 0 Å². The minimum absolute atomic E-state index is 0.148. The van der Waals surface area contributed by atoms with Crippen molar-refractivity contribution < 1.29 is 33.4 Å². The van der Waals surface area contributed by atoms with Crippen molar-refractivity contribution >= 4 is 29.7 Å². The molecule has 29 heavy (non-hydrogen) atoms. The molecule has 0 radical (unpaired) electrons. The molecule has 0 fully saturated rings. The minimum Gasteiger partial charge on any atom is -0.467 e. The number of carbonyl (C=O) groups excluding carboxylic acids is 5. The highest BCUT2D eigenvalue weighted by atomic mass is 16.5. The van der Waals surface area contributed by atoms with E-state index in [2.05, 4.69) is 10.1 Å². The molecule has 0 unspecified atom stereocenters. The smallest absolute Gasteiger partial charge is 0.328 e. The second kappa shape index (κ2) is 9.81. The van der Waals surface area contributed by atoms with Gasteiger partial charge < -0.3 is 14.8 Å².